The number of aryl methyl sites for hydroxylation is 1. The van der Waals surface area contributed by atoms with Gasteiger partial charge in [0.25, 0.3) is 0 Å². The maximum Gasteiger partial charge on any atom is 0.219 e. The van der Waals surface area contributed by atoms with Gasteiger partial charge in [-0.1, -0.05) is 13.8 Å². The van der Waals surface area contributed by atoms with Crippen molar-refractivity contribution in [3.8, 4) is 17.1 Å². The van der Waals surface area contributed by atoms with Crippen molar-refractivity contribution in [3.05, 3.63) is 41.9 Å². The first kappa shape index (κ1) is 12.6. The average Bonchev–Trinajstić information content (AvgIpc) is 2.83. The summed E-state index contributed by atoms with van der Waals surface area (Å²) in [6, 6.07) is 5.64. The second kappa shape index (κ2) is 4.59. The molecule has 20 heavy (non-hydrogen) atoms. The van der Waals surface area contributed by atoms with E-state index in [1.165, 1.54) is 4.52 Å². The zero-order valence-corrected chi connectivity index (χ0v) is 11.7. The van der Waals surface area contributed by atoms with Crippen molar-refractivity contribution < 1.29 is 5.11 Å². The molecule has 0 amide bonds. The van der Waals surface area contributed by atoms with Crippen LogP contribution in [0, 0.1) is 6.92 Å². The Morgan fingerprint density at radius 1 is 1.20 bits per heavy atom. The molecule has 5 heteroatoms. The Kier molecular flexibility index (Phi) is 2.89. The summed E-state index contributed by atoms with van der Waals surface area (Å²) < 4.78 is 1.50. The number of fused-ring (bicyclic) bond motifs is 1. The maximum atomic E-state index is 10.4. The van der Waals surface area contributed by atoms with Crippen LogP contribution in [0.3, 0.4) is 0 Å². The minimum Gasteiger partial charge on any atom is -0.493 e. The monoisotopic (exact) mass is 268 g/mol. The average molecular weight is 268 g/mol. The summed E-state index contributed by atoms with van der Waals surface area (Å²) >= 11 is 0. The third-order valence-electron chi connectivity index (χ3n) is 3.36. The van der Waals surface area contributed by atoms with Crippen LogP contribution in [0.4, 0.5) is 0 Å². The lowest BCUT2D eigenvalue weighted by Crippen LogP contribution is -2.02. The van der Waals surface area contributed by atoms with Crippen molar-refractivity contribution in [3.63, 3.8) is 0 Å². The summed E-state index contributed by atoms with van der Waals surface area (Å²) in [5.41, 5.74) is 4.05. The number of aromatic nitrogens is 4. The number of pyridine rings is 1. The van der Waals surface area contributed by atoms with Crippen LogP contribution in [0.5, 0.6) is 5.88 Å². The highest BCUT2D eigenvalue weighted by Crippen LogP contribution is 2.29. The molecule has 0 aromatic carbocycles. The summed E-state index contributed by atoms with van der Waals surface area (Å²) in [5.74, 6) is 0.364. The van der Waals surface area contributed by atoms with E-state index in [9.17, 15) is 5.11 Å². The van der Waals surface area contributed by atoms with Gasteiger partial charge in [-0.25, -0.2) is 4.98 Å². The van der Waals surface area contributed by atoms with Gasteiger partial charge in [-0.15, -0.1) is 0 Å². The molecule has 0 radical (unpaired) electrons. The third kappa shape index (κ3) is 1.91. The quantitative estimate of drug-likeness (QED) is 0.776. The molecule has 3 aromatic rings. The molecule has 0 aliphatic heterocycles. The molecule has 1 N–H and O–H groups in total. The molecule has 0 bridgehead atoms. The molecule has 3 heterocycles. The molecule has 3 rings (SSSR count). The minimum absolute atomic E-state index is 0.169. The molecule has 0 fully saturated rings. The van der Waals surface area contributed by atoms with Gasteiger partial charge < -0.3 is 5.11 Å². The molecule has 0 saturated heterocycles. The number of hydrogen-bond acceptors (Lipinski definition) is 4. The Morgan fingerprint density at radius 2 is 1.90 bits per heavy atom. The number of hydrogen-bond donors (Lipinski definition) is 1. The first-order chi connectivity index (χ1) is 9.58. The normalized spacial score (nSPS) is 11.4. The zero-order chi connectivity index (χ0) is 14.3. The second-order valence-electron chi connectivity index (χ2n) is 5.12. The highest BCUT2D eigenvalue weighted by molar-refractivity contribution is 5.64. The zero-order valence-electron chi connectivity index (χ0n) is 11.7. The van der Waals surface area contributed by atoms with Crippen LogP contribution in [-0.4, -0.2) is 24.7 Å². The first-order valence-corrected chi connectivity index (χ1v) is 6.57. The van der Waals surface area contributed by atoms with Gasteiger partial charge >= 0.3 is 0 Å². The SMILES string of the molecule is Cc1nc2cc(-c3ccncc3)nn2c(O)c1C(C)C. The van der Waals surface area contributed by atoms with Crippen LogP contribution < -0.4 is 0 Å². The minimum atomic E-state index is 0.169. The summed E-state index contributed by atoms with van der Waals surface area (Å²) in [5, 5.41) is 14.9. The van der Waals surface area contributed by atoms with Gasteiger partial charge in [0.2, 0.25) is 5.88 Å². The van der Waals surface area contributed by atoms with Gasteiger partial charge in [0.15, 0.2) is 5.65 Å². The fraction of sp³-hybridized carbons (Fsp3) is 0.267. The maximum absolute atomic E-state index is 10.4. The Morgan fingerprint density at radius 3 is 2.55 bits per heavy atom. The molecular weight excluding hydrogens is 252 g/mol. The third-order valence-corrected chi connectivity index (χ3v) is 3.36. The highest BCUT2D eigenvalue weighted by Gasteiger charge is 2.17. The van der Waals surface area contributed by atoms with Crippen LogP contribution in [0.15, 0.2) is 30.6 Å². The van der Waals surface area contributed by atoms with Crippen molar-refractivity contribution in [2.75, 3.05) is 0 Å². The lowest BCUT2D eigenvalue weighted by atomic mass is 10.0. The topological polar surface area (TPSA) is 63.3 Å². The van der Waals surface area contributed by atoms with Gasteiger partial charge in [0, 0.05) is 35.3 Å². The fourth-order valence-electron chi connectivity index (χ4n) is 2.45. The van der Waals surface area contributed by atoms with Crippen LogP contribution in [0.25, 0.3) is 16.9 Å². The smallest absolute Gasteiger partial charge is 0.219 e. The van der Waals surface area contributed by atoms with E-state index in [0.717, 1.165) is 22.5 Å². The molecule has 0 atom stereocenters. The van der Waals surface area contributed by atoms with Crippen molar-refractivity contribution in [1.82, 2.24) is 19.6 Å². The molecule has 0 spiro atoms. The number of rotatable bonds is 2. The van der Waals surface area contributed by atoms with Gasteiger partial charge in [-0.05, 0) is 25.0 Å². The van der Waals surface area contributed by atoms with Crippen molar-refractivity contribution >= 4 is 5.65 Å². The van der Waals surface area contributed by atoms with E-state index in [2.05, 4.69) is 15.1 Å². The molecule has 0 saturated carbocycles. The highest BCUT2D eigenvalue weighted by atomic mass is 16.3. The molecule has 0 aliphatic carbocycles. The number of nitrogens with zero attached hydrogens (tertiary/aromatic N) is 4. The van der Waals surface area contributed by atoms with Gasteiger partial charge in [-0.2, -0.15) is 9.61 Å². The van der Waals surface area contributed by atoms with Crippen LogP contribution in [0.2, 0.25) is 0 Å². The van der Waals surface area contributed by atoms with E-state index in [-0.39, 0.29) is 11.8 Å². The largest absolute Gasteiger partial charge is 0.493 e. The van der Waals surface area contributed by atoms with E-state index in [0.29, 0.717) is 5.65 Å². The Balaban J connectivity index is 2.24. The van der Waals surface area contributed by atoms with E-state index >= 15 is 0 Å². The molecule has 0 aliphatic rings. The molecule has 0 unspecified atom stereocenters. The van der Waals surface area contributed by atoms with Crippen LogP contribution >= 0.6 is 0 Å². The van der Waals surface area contributed by atoms with Gasteiger partial charge in [0.05, 0.1) is 5.69 Å². The van der Waals surface area contributed by atoms with E-state index in [1.54, 1.807) is 12.4 Å². The fourth-order valence-corrected chi connectivity index (χ4v) is 2.45. The predicted molar refractivity (Wildman–Crippen MR) is 76.7 cm³/mol. The van der Waals surface area contributed by atoms with E-state index in [4.69, 9.17) is 0 Å². The summed E-state index contributed by atoms with van der Waals surface area (Å²) in [4.78, 5) is 8.52. The molecule has 102 valence electrons. The van der Waals surface area contributed by atoms with Gasteiger partial charge in [-0.3, -0.25) is 4.98 Å². The predicted octanol–water partition coefficient (Wildman–Crippen LogP) is 2.93. The van der Waals surface area contributed by atoms with Crippen LogP contribution in [0.1, 0.15) is 31.0 Å². The van der Waals surface area contributed by atoms with E-state index in [1.807, 2.05) is 39.0 Å². The Hall–Kier alpha value is -2.43. The van der Waals surface area contributed by atoms with Crippen molar-refractivity contribution in [2.24, 2.45) is 0 Å². The Labute approximate surface area is 116 Å². The summed E-state index contributed by atoms with van der Waals surface area (Å²) in [6.07, 6.45) is 3.44. The van der Waals surface area contributed by atoms with E-state index < -0.39 is 0 Å². The summed E-state index contributed by atoms with van der Waals surface area (Å²) in [6.45, 7) is 5.97. The van der Waals surface area contributed by atoms with Crippen molar-refractivity contribution in [2.45, 2.75) is 26.7 Å². The first-order valence-electron chi connectivity index (χ1n) is 6.57. The lowest BCUT2D eigenvalue weighted by Gasteiger charge is -2.11. The molecule has 3 aromatic heterocycles. The second-order valence-corrected chi connectivity index (χ2v) is 5.12. The molecule has 5 nitrogen and oxygen atoms in total. The lowest BCUT2D eigenvalue weighted by molar-refractivity contribution is 0.423. The molecular formula is C15H16N4O. The van der Waals surface area contributed by atoms with Gasteiger partial charge in [0.1, 0.15) is 0 Å². The summed E-state index contributed by atoms with van der Waals surface area (Å²) in [7, 11) is 0. The Bertz CT molecular complexity index is 762. The van der Waals surface area contributed by atoms with Crippen molar-refractivity contribution in [1.29, 1.82) is 0 Å². The van der Waals surface area contributed by atoms with Crippen LogP contribution in [-0.2, 0) is 0 Å². The number of aromatic hydroxyl groups is 1. The standard InChI is InChI=1S/C15H16N4O/c1-9(2)14-10(3)17-13-8-12(18-19(13)15(14)20)11-4-6-16-7-5-11/h4-9,20H,1-3H3.